The summed E-state index contributed by atoms with van der Waals surface area (Å²) in [5.41, 5.74) is 0.252. The van der Waals surface area contributed by atoms with Crippen LogP contribution in [0.25, 0.3) is 10.9 Å². The number of fused-ring (bicyclic) bond motifs is 1. The van der Waals surface area contributed by atoms with Crippen LogP contribution in [-0.4, -0.2) is 45.3 Å². The van der Waals surface area contributed by atoms with Crippen LogP contribution in [0.15, 0.2) is 24.4 Å². The Morgan fingerprint density at radius 3 is 2.36 bits per heavy atom. The monoisotopic (exact) mass is 394 g/mol. The van der Waals surface area contributed by atoms with Gasteiger partial charge in [-0.1, -0.05) is 13.8 Å². The molecule has 1 aliphatic rings. The molecule has 1 fully saturated rings. The topological polar surface area (TPSA) is 85.7 Å². The molecule has 1 aliphatic heterocycles. The number of aromatic nitrogens is 1. The zero-order chi connectivity index (χ0) is 18.2. The van der Waals surface area contributed by atoms with Gasteiger partial charge in [0.05, 0.1) is 5.52 Å². The third-order valence-corrected chi connectivity index (χ3v) is 5.31. The van der Waals surface area contributed by atoms with E-state index in [1.54, 1.807) is 0 Å². The van der Waals surface area contributed by atoms with Gasteiger partial charge in [0.25, 0.3) is 0 Å². The molecule has 0 atom stereocenters. The molecular formula is C14H16F2N2O5S2. The molecule has 0 N–H and O–H groups in total. The molecule has 0 saturated carbocycles. The van der Waals surface area contributed by atoms with Gasteiger partial charge in [0.15, 0.2) is 5.75 Å². The molecule has 1 saturated heterocycles. The minimum absolute atomic E-state index is 0.0594. The highest BCUT2D eigenvalue weighted by atomic mass is 32.3. The maximum atomic E-state index is 13.6. The van der Waals surface area contributed by atoms with Gasteiger partial charge in [0.1, 0.15) is 0 Å². The van der Waals surface area contributed by atoms with Crippen LogP contribution >= 0.6 is 0 Å². The molecular weight excluding hydrogens is 378 g/mol. The minimum atomic E-state index is -5.31. The van der Waals surface area contributed by atoms with E-state index in [2.05, 4.69) is 9.08 Å². The van der Waals surface area contributed by atoms with Crippen LogP contribution in [0.5, 0.6) is 5.75 Å². The van der Waals surface area contributed by atoms with Gasteiger partial charge in [-0.25, -0.2) is 3.97 Å². The van der Waals surface area contributed by atoms with Crippen LogP contribution in [0.2, 0.25) is 0 Å². The summed E-state index contributed by atoms with van der Waals surface area (Å²) < 4.78 is 75.6. The minimum Gasteiger partial charge on any atom is -0.358 e. The van der Waals surface area contributed by atoms with E-state index in [0.717, 1.165) is 32.1 Å². The summed E-state index contributed by atoms with van der Waals surface area (Å²) in [4.78, 5) is 2.16. The van der Waals surface area contributed by atoms with Crippen LogP contribution in [0, 0.1) is 0 Å². The SMILES string of the molecule is O=S(=O)(F)Oc1cccc2c1c(CCN1CCCC1)cn2S(=O)(=O)F. The van der Waals surface area contributed by atoms with Gasteiger partial charge in [0, 0.05) is 18.1 Å². The molecule has 1 aromatic heterocycles. The average Bonchev–Trinajstić information content (AvgIpc) is 3.10. The number of rotatable bonds is 6. The molecule has 0 radical (unpaired) electrons. The van der Waals surface area contributed by atoms with E-state index in [4.69, 9.17) is 0 Å². The summed E-state index contributed by atoms with van der Waals surface area (Å²) >= 11 is 0. The van der Waals surface area contributed by atoms with Crippen molar-refractivity contribution >= 4 is 31.8 Å². The second kappa shape index (κ2) is 6.54. The molecule has 3 rings (SSSR count). The first kappa shape index (κ1) is 18.1. The van der Waals surface area contributed by atoms with E-state index >= 15 is 0 Å². The van der Waals surface area contributed by atoms with Gasteiger partial charge in [-0.05, 0) is 50.0 Å². The molecule has 0 bridgehead atoms. The van der Waals surface area contributed by atoms with Gasteiger partial charge in [-0.15, -0.1) is 0 Å². The van der Waals surface area contributed by atoms with E-state index < -0.39 is 20.9 Å². The summed E-state index contributed by atoms with van der Waals surface area (Å²) in [6.45, 7) is 2.40. The first-order valence-electron chi connectivity index (χ1n) is 7.60. The zero-order valence-electron chi connectivity index (χ0n) is 13.1. The quantitative estimate of drug-likeness (QED) is 0.696. The lowest BCUT2D eigenvalue weighted by Gasteiger charge is -2.13. The van der Waals surface area contributed by atoms with Crippen molar-refractivity contribution < 1.29 is 28.8 Å². The van der Waals surface area contributed by atoms with Crippen molar-refractivity contribution in [2.75, 3.05) is 19.6 Å². The highest BCUT2D eigenvalue weighted by molar-refractivity contribution is 7.85. The molecule has 2 aromatic rings. The van der Waals surface area contributed by atoms with E-state index in [1.165, 1.54) is 18.2 Å². The Kier molecular flexibility index (Phi) is 4.73. The maximum Gasteiger partial charge on any atom is 0.488 e. The van der Waals surface area contributed by atoms with E-state index in [-0.39, 0.29) is 16.7 Å². The Bertz CT molecular complexity index is 996. The van der Waals surface area contributed by atoms with Crippen molar-refractivity contribution in [1.29, 1.82) is 0 Å². The van der Waals surface area contributed by atoms with Gasteiger partial charge in [0.2, 0.25) is 0 Å². The number of nitrogens with zero attached hydrogens (tertiary/aromatic N) is 2. The van der Waals surface area contributed by atoms with Crippen molar-refractivity contribution in [3.05, 3.63) is 30.0 Å². The van der Waals surface area contributed by atoms with Crippen LogP contribution in [0.4, 0.5) is 7.77 Å². The molecule has 11 heteroatoms. The zero-order valence-corrected chi connectivity index (χ0v) is 14.7. The Balaban J connectivity index is 2.09. The van der Waals surface area contributed by atoms with Crippen LogP contribution in [0.3, 0.4) is 0 Å². The highest BCUT2D eigenvalue weighted by Gasteiger charge is 2.23. The van der Waals surface area contributed by atoms with Crippen molar-refractivity contribution in [2.45, 2.75) is 19.3 Å². The molecule has 7 nitrogen and oxygen atoms in total. The fourth-order valence-electron chi connectivity index (χ4n) is 3.13. The third kappa shape index (κ3) is 4.10. The molecule has 1 aromatic carbocycles. The molecule has 0 spiro atoms. The van der Waals surface area contributed by atoms with E-state index in [0.29, 0.717) is 22.5 Å². The van der Waals surface area contributed by atoms with Crippen molar-refractivity contribution in [1.82, 2.24) is 8.87 Å². The fraction of sp³-hybridized carbons (Fsp3) is 0.429. The second-order valence-electron chi connectivity index (χ2n) is 5.82. The fourth-order valence-corrected chi connectivity index (χ4v) is 4.13. The molecule has 0 amide bonds. The summed E-state index contributed by atoms with van der Waals surface area (Å²) in [5, 5.41) is 0.0594. The number of hydrogen-bond donors (Lipinski definition) is 0. The Morgan fingerprint density at radius 2 is 1.76 bits per heavy atom. The molecule has 25 heavy (non-hydrogen) atoms. The third-order valence-electron chi connectivity index (χ3n) is 4.16. The Hall–Kier alpha value is -1.72. The van der Waals surface area contributed by atoms with Crippen molar-refractivity contribution in [3.8, 4) is 5.75 Å². The Morgan fingerprint density at radius 1 is 1.08 bits per heavy atom. The average molecular weight is 394 g/mol. The number of halogens is 2. The lowest BCUT2D eigenvalue weighted by atomic mass is 10.1. The predicted molar refractivity (Wildman–Crippen MR) is 87.4 cm³/mol. The molecule has 0 unspecified atom stereocenters. The standard InChI is InChI=1S/C14H16F2N2O5S2/c15-24(19,20)18-10-11(6-9-17-7-1-2-8-17)14-12(18)4-3-5-13(14)23-25(16,21)22/h3-5,10H,1-2,6-9H2. The molecule has 0 aliphatic carbocycles. The van der Waals surface area contributed by atoms with Crippen molar-refractivity contribution in [3.63, 3.8) is 0 Å². The number of hydrogen-bond acceptors (Lipinski definition) is 6. The molecule has 138 valence electrons. The number of likely N-dealkylation sites (tertiary alicyclic amines) is 1. The largest absolute Gasteiger partial charge is 0.488 e. The van der Waals surface area contributed by atoms with E-state index in [1.807, 2.05) is 0 Å². The van der Waals surface area contributed by atoms with Crippen LogP contribution in [0.1, 0.15) is 18.4 Å². The summed E-state index contributed by atoms with van der Waals surface area (Å²) in [6.07, 6.45) is 3.55. The summed E-state index contributed by atoms with van der Waals surface area (Å²) in [6, 6.07) is 3.74. The highest BCUT2D eigenvalue weighted by Crippen LogP contribution is 2.33. The maximum absolute atomic E-state index is 13.6. The summed E-state index contributed by atoms with van der Waals surface area (Å²) in [5.74, 6) is -0.376. The molecule has 2 heterocycles. The summed E-state index contributed by atoms with van der Waals surface area (Å²) in [7, 11) is -10.4. The van der Waals surface area contributed by atoms with Crippen molar-refractivity contribution in [2.24, 2.45) is 0 Å². The van der Waals surface area contributed by atoms with Gasteiger partial charge in [-0.2, -0.15) is 16.8 Å². The smallest absolute Gasteiger partial charge is 0.358 e. The normalized spacial score (nSPS) is 16.6. The lowest BCUT2D eigenvalue weighted by molar-refractivity contribution is 0.344. The second-order valence-corrected chi connectivity index (χ2v) is 7.99. The Labute approximate surface area is 144 Å². The predicted octanol–water partition coefficient (Wildman–Crippen LogP) is 1.94. The first-order chi connectivity index (χ1) is 11.6. The van der Waals surface area contributed by atoms with Gasteiger partial charge in [-0.3, -0.25) is 0 Å². The van der Waals surface area contributed by atoms with E-state index in [9.17, 15) is 24.6 Å². The number of benzene rings is 1. The van der Waals surface area contributed by atoms with Crippen LogP contribution in [-0.2, 0) is 27.3 Å². The van der Waals surface area contributed by atoms with Crippen LogP contribution < -0.4 is 4.18 Å². The van der Waals surface area contributed by atoms with Gasteiger partial charge >= 0.3 is 20.9 Å². The lowest BCUT2D eigenvalue weighted by Crippen LogP contribution is -2.21. The first-order valence-corrected chi connectivity index (χ1v) is 10.2. The van der Waals surface area contributed by atoms with Gasteiger partial charge < -0.3 is 9.08 Å².